The molecule has 37 heavy (non-hydrogen) atoms. The van der Waals surface area contributed by atoms with Crippen LogP contribution < -0.4 is 0 Å². The van der Waals surface area contributed by atoms with E-state index < -0.39 is 0 Å². The van der Waals surface area contributed by atoms with Gasteiger partial charge in [0.2, 0.25) is 0 Å². The first kappa shape index (κ1) is 23.9. The maximum Gasteiger partial charge on any atom is 0.161 e. The van der Waals surface area contributed by atoms with E-state index in [1.54, 1.807) is 7.11 Å². The molecule has 0 atom stereocenters. The molecule has 0 N–H and O–H groups in total. The third-order valence-corrected chi connectivity index (χ3v) is 8.14. The van der Waals surface area contributed by atoms with Crippen molar-refractivity contribution in [3.63, 3.8) is 0 Å². The van der Waals surface area contributed by atoms with Crippen molar-refractivity contribution in [1.82, 2.24) is 9.47 Å². The van der Waals surface area contributed by atoms with Gasteiger partial charge in [0, 0.05) is 85.2 Å². The Hall–Kier alpha value is -3.44. The average molecular weight is 495 g/mol. The van der Waals surface area contributed by atoms with Crippen LogP contribution in [0.4, 0.5) is 0 Å². The molecule has 5 heteroatoms. The van der Waals surface area contributed by atoms with E-state index in [0.29, 0.717) is 19.4 Å². The van der Waals surface area contributed by atoms with Crippen LogP contribution >= 0.6 is 0 Å². The van der Waals surface area contributed by atoms with E-state index in [9.17, 15) is 9.59 Å². The number of para-hydroxylation sites is 1. The molecule has 2 heterocycles. The van der Waals surface area contributed by atoms with Gasteiger partial charge in [-0.15, -0.1) is 0 Å². The minimum Gasteiger partial charge on any atom is -0.385 e. The van der Waals surface area contributed by atoms with Gasteiger partial charge in [-0.3, -0.25) is 9.59 Å². The molecule has 2 aromatic carbocycles. The minimum absolute atomic E-state index is 0.202. The molecule has 190 valence electrons. The molecular formula is C32H34N2O3. The van der Waals surface area contributed by atoms with Crippen molar-refractivity contribution in [3.8, 4) is 0 Å². The van der Waals surface area contributed by atoms with Crippen molar-refractivity contribution < 1.29 is 14.3 Å². The Morgan fingerprint density at radius 2 is 1.49 bits per heavy atom. The van der Waals surface area contributed by atoms with Crippen molar-refractivity contribution in [2.75, 3.05) is 20.3 Å². The first-order chi connectivity index (χ1) is 18.2. The SMILES string of the molecule is COCCCN1C2=C(C(=O)CCC2)C(c2cn(Cc3ccccc3)c3ccccc23)C2=C1CCCC2=O. The zero-order chi connectivity index (χ0) is 25.4. The van der Waals surface area contributed by atoms with E-state index in [1.165, 1.54) is 5.56 Å². The van der Waals surface area contributed by atoms with Crippen LogP contribution in [0.1, 0.15) is 62.0 Å². The van der Waals surface area contributed by atoms with E-state index >= 15 is 0 Å². The molecule has 3 aromatic rings. The zero-order valence-corrected chi connectivity index (χ0v) is 21.5. The molecular weight excluding hydrogens is 460 g/mol. The topological polar surface area (TPSA) is 51.5 Å². The fraction of sp³-hybridized carbons (Fsp3) is 0.375. The molecule has 1 aliphatic heterocycles. The Bertz CT molecular complexity index is 1370. The lowest BCUT2D eigenvalue weighted by Gasteiger charge is -2.44. The number of hydrogen-bond acceptors (Lipinski definition) is 4. The number of rotatable bonds is 7. The Morgan fingerprint density at radius 3 is 2.16 bits per heavy atom. The molecule has 0 spiro atoms. The van der Waals surface area contributed by atoms with E-state index in [1.807, 2.05) is 6.07 Å². The second-order valence-electron chi connectivity index (χ2n) is 10.4. The van der Waals surface area contributed by atoms with Crippen LogP contribution in [0.2, 0.25) is 0 Å². The van der Waals surface area contributed by atoms with Crippen LogP contribution in [0.15, 0.2) is 83.3 Å². The van der Waals surface area contributed by atoms with Gasteiger partial charge in [0.05, 0.1) is 0 Å². The van der Waals surface area contributed by atoms with E-state index in [-0.39, 0.29) is 17.5 Å². The highest BCUT2D eigenvalue weighted by atomic mass is 16.5. The van der Waals surface area contributed by atoms with Gasteiger partial charge in [0.15, 0.2) is 11.6 Å². The molecule has 3 aliphatic rings. The lowest BCUT2D eigenvalue weighted by Crippen LogP contribution is -2.39. The third kappa shape index (κ3) is 4.25. The third-order valence-electron chi connectivity index (χ3n) is 8.14. The van der Waals surface area contributed by atoms with Gasteiger partial charge >= 0.3 is 0 Å². The number of nitrogens with zero attached hydrogens (tertiary/aromatic N) is 2. The molecule has 0 amide bonds. The Balaban J connectivity index is 1.54. The van der Waals surface area contributed by atoms with E-state index in [2.05, 4.69) is 64.2 Å². The lowest BCUT2D eigenvalue weighted by molar-refractivity contribution is -0.117. The molecule has 0 saturated carbocycles. The second-order valence-corrected chi connectivity index (χ2v) is 10.4. The molecule has 0 unspecified atom stereocenters. The number of aromatic nitrogens is 1. The number of methoxy groups -OCH3 is 1. The van der Waals surface area contributed by atoms with Crippen LogP contribution in [0.25, 0.3) is 10.9 Å². The number of carbonyl (C=O) groups excluding carboxylic acids is 2. The standard InChI is InChI=1S/C32H34N2O3/c1-37-19-9-18-34-26-14-7-16-28(35)31(26)30(32-27(34)15-8-17-29(32)36)24-21-33(20-22-10-3-2-4-11-22)25-13-6-5-12-23(24)25/h2-6,10-13,21,30H,7-9,14-20H2,1H3. The average Bonchev–Trinajstić information content (AvgIpc) is 3.27. The zero-order valence-electron chi connectivity index (χ0n) is 21.5. The predicted octanol–water partition coefficient (Wildman–Crippen LogP) is 6.14. The quantitative estimate of drug-likeness (QED) is 0.370. The van der Waals surface area contributed by atoms with Crippen molar-refractivity contribution in [3.05, 3.63) is 94.5 Å². The highest BCUT2D eigenvalue weighted by Crippen LogP contribution is 2.50. The summed E-state index contributed by atoms with van der Waals surface area (Å²) in [5, 5.41) is 1.13. The number of benzene rings is 2. The second kappa shape index (κ2) is 10.1. The molecule has 0 radical (unpaired) electrons. The summed E-state index contributed by atoms with van der Waals surface area (Å²) in [4.78, 5) is 29.6. The van der Waals surface area contributed by atoms with Gasteiger partial charge in [0.25, 0.3) is 0 Å². The summed E-state index contributed by atoms with van der Waals surface area (Å²) in [6, 6.07) is 18.9. The number of hydrogen-bond donors (Lipinski definition) is 0. The van der Waals surface area contributed by atoms with Crippen molar-refractivity contribution in [2.45, 2.75) is 57.4 Å². The first-order valence-electron chi connectivity index (χ1n) is 13.6. The highest BCUT2D eigenvalue weighted by molar-refractivity contribution is 6.07. The summed E-state index contributed by atoms with van der Waals surface area (Å²) in [7, 11) is 1.72. The maximum absolute atomic E-state index is 13.7. The van der Waals surface area contributed by atoms with Gasteiger partial charge in [-0.1, -0.05) is 48.5 Å². The monoisotopic (exact) mass is 494 g/mol. The van der Waals surface area contributed by atoms with Crippen LogP contribution in [0, 0.1) is 0 Å². The summed E-state index contributed by atoms with van der Waals surface area (Å²) in [5.74, 6) is 0.117. The van der Waals surface area contributed by atoms with Gasteiger partial charge < -0.3 is 14.2 Å². The van der Waals surface area contributed by atoms with Gasteiger partial charge in [0.1, 0.15) is 0 Å². The van der Waals surface area contributed by atoms with Gasteiger partial charge in [-0.25, -0.2) is 0 Å². The molecule has 0 fully saturated rings. The normalized spacial score (nSPS) is 18.6. The predicted molar refractivity (Wildman–Crippen MR) is 145 cm³/mol. The number of Topliss-reactive ketones (excluding diaryl/α,β-unsaturated/α-hetero) is 2. The molecule has 1 aromatic heterocycles. The van der Waals surface area contributed by atoms with Crippen LogP contribution in [-0.4, -0.2) is 41.3 Å². The summed E-state index contributed by atoms with van der Waals surface area (Å²) in [6.45, 7) is 2.20. The number of carbonyl (C=O) groups is 2. The lowest BCUT2D eigenvalue weighted by atomic mass is 9.71. The van der Waals surface area contributed by atoms with E-state index in [4.69, 9.17) is 4.74 Å². The highest BCUT2D eigenvalue weighted by Gasteiger charge is 2.44. The molecule has 2 aliphatic carbocycles. The maximum atomic E-state index is 13.7. The molecule has 0 bridgehead atoms. The van der Waals surface area contributed by atoms with Crippen molar-refractivity contribution in [2.24, 2.45) is 0 Å². The first-order valence-corrected chi connectivity index (χ1v) is 13.6. The van der Waals surface area contributed by atoms with Gasteiger partial charge in [-0.05, 0) is 49.3 Å². The fourth-order valence-corrected chi connectivity index (χ4v) is 6.58. The summed E-state index contributed by atoms with van der Waals surface area (Å²) < 4.78 is 7.63. The number of fused-ring (bicyclic) bond motifs is 1. The minimum atomic E-state index is -0.286. The fourth-order valence-electron chi connectivity index (χ4n) is 6.58. The molecule has 0 saturated heterocycles. The molecule has 6 rings (SSSR count). The van der Waals surface area contributed by atoms with Gasteiger partial charge in [-0.2, -0.15) is 0 Å². The van der Waals surface area contributed by atoms with Crippen molar-refractivity contribution >= 4 is 22.5 Å². The number of allylic oxidation sites excluding steroid dienone is 4. The van der Waals surface area contributed by atoms with Crippen LogP contribution in [-0.2, 0) is 20.9 Å². The van der Waals surface area contributed by atoms with Crippen molar-refractivity contribution in [1.29, 1.82) is 0 Å². The Labute approximate surface area is 218 Å². The van der Waals surface area contributed by atoms with Crippen LogP contribution in [0.3, 0.4) is 0 Å². The summed E-state index contributed by atoms with van der Waals surface area (Å²) in [6.07, 6.45) is 7.71. The van der Waals surface area contributed by atoms with Crippen LogP contribution in [0.5, 0.6) is 0 Å². The summed E-state index contributed by atoms with van der Waals surface area (Å²) >= 11 is 0. The molecule has 5 nitrogen and oxygen atoms in total. The number of ketones is 2. The smallest absolute Gasteiger partial charge is 0.161 e. The van der Waals surface area contributed by atoms with E-state index in [0.717, 1.165) is 84.2 Å². The Kier molecular flexibility index (Phi) is 6.56. The largest absolute Gasteiger partial charge is 0.385 e. The number of ether oxygens (including phenoxy) is 1. The summed E-state index contributed by atoms with van der Waals surface area (Å²) in [5.41, 5.74) is 7.47. The Morgan fingerprint density at radius 1 is 0.838 bits per heavy atom.